The standard InChI is InChI=1S/C21H26N2O3/c24-23(25)20-9-7-18(8-10-20)17-19-11-14-22(15-12-19)13-4-16-26-21-5-2-1-3-6-21/h1-3,5-10,19H,4,11-17H2. The summed E-state index contributed by atoms with van der Waals surface area (Å²) in [6.07, 6.45) is 4.44. The van der Waals surface area contributed by atoms with Crippen LogP contribution in [0.4, 0.5) is 5.69 Å². The van der Waals surface area contributed by atoms with E-state index < -0.39 is 0 Å². The molecule has 2 aromatic carbocycles. The molecule has 0 aromatic heterocycles. The SMILES string of the molecule is O=[N+]([O-])c1ccc(CC2CCN(CCCOc3ccccc3)CC2)cc1. The highest BCUT2D eigenvalue weighted by Crippen LogP contribution is 2.23. The first kappa shape index (κ1) is 18.4. The normalized spacial score (nSPS) is 15.7. The number of nitro groups is 1. The van der Waals surface area contributed by atoms with Gasteiger partial charge in [-0.2, -0.15) is 0 Å². The minimum atomic E-state index is -0.343. The summed E-state index contributed by atoms with van der Waals surface area (Å²) in [7, 11) is 0. The van der Waals surface area contributed by atoms with Gasteiger partial charge in [0.05, 0.1) is 11.5 Å². The summed E-state index contributed by atoms with van der Waals surface area (Å²) in [4.78, 5) is 12.9. The third-order valence-corrected chi connectivity index (χ3v) is 5.01. The highest BCUT2D eigenvalue weighted by Gasteiger charge is 2.19. The van der Waals surface area contributed by atoms with Crippen LogP contribution in [0.2, 0.25) is 0 Å². The fraction of sp³-hybridized carbons (Fsp3) is 0.429. The fourth-order valence-corrected chi connectivity index (χ4v) is 3.50. The van der Waals surface area contributed by atoms with Crippen LogP contribution in [0.1, 0.15) is 24.8 Å². The summed E-state index contributed by atoms with van der Waals surface area (Å²) in [5, 5.41) is 10.7. The van der Waals surface area contributed by atoms with Gasteiger partial charge in [-0.05, 0) is 62.4 Å². The zero-order valence-electron chi connectivity index (χ0n) is 15.0. The maximum atomic E-state index is 10.7. The molecule has 5 nitrogen and oxygen atoms in total. The second-order valence-electron chi connectivity index (χ2n) is 6.93. The van der Waals surface area contributed by atoms with Crippen molar-refractivity contribution in [3.63, 3.8) is 0 Å². The number of non-ortho nitro benzene ring substituents is 1. The van der Waals surface area contributed by atoms with Crippen LogP contribution >= 0.6 is 0 Å². The van der Waals surface area contributed by atoms with Crippen LogP contribution in [0.5, 0.6) is 5.75 Å². The van der Waals surface area contributed by atoms with Crippen molar-refractivity contribution in [2.24, 2.45) is 5.92 Å². The molecule has 0 saturated carbocycles. The lowest BCUT2D eigenvalue weighted by atomic mass is 9.90. The minimum absolute atomic E-state index is 0.168. The molecule has 0 unspecified atom stereocenters. The van der Waals surface area contributed by atoms with Gasteiger partial charge in [-0.25, -0.2) is 0 Å². The Morgan fingerprint density at radius 3 is 2.38 bits per heavy atom. The molecule has 0 radical (unpaired) electrons. The molecule has 0 spiro atoms. The average molecular weight is 354 g/mol. The number of hydrogen-bond donors (Lipinski definition) is 0. The second-order valence-corrected chi connectivity index (χ2v) is 6.93. The van der Waals surface area contributed by atoms with Crippen molar-refractivity contribution in [1.29, 1.82) is 0 Å². The first-order valence-electron chi connectivity index (χ1n) is 9.34. The number of likely N-dealkylation sites (tertiary alicyclic amines) is 1. The molecule has 3 rings (SSSR count). The van der Waals surface area contributed by atoms with Crippen molar-refractivity contribution in [2.45, 2.75) is 25.7 Å². The fourth-order valence-electron chi connectivity index (χ4n) is 3.50. The van der Waals surface area contributed by atoms with Crippen LogP contribution < -0.4 is 4.74 Å². The first-order chi connectivity index (χ1) is 12.7. The second kappa shape index (κ2) is 9.34. The highest BCUT2D eigenvalue weighted by molar-refractivity contribution is 5.33. The highest BCUT2D eigenvalue weighted by atomic mass is 16.6. The van der Waals surface area contributed by atoms with Crippen LogP contribution in [0.15, 0.2) is 54.6 Å². The van der Waals surface area contributed by atoms with Crippen molar-refractivity contribution in [2.75, 3.05) is 26.2 Å². The van der Waals surface area contributed by atoms with Gasteiger partial charge in [0.1, 0.15) is 5.75 Å². The van der Waals surface area contributed by atoms with Gasteiger partial charge in [-0.15, -0.1) is 0 Å². The van der Waals surface area contributed by atoms with Gasteiger partial charge >= 0.3 is 0 Å². The van der Waals surface area contributed by atoms with Crippen LogP contribution in [-0.2, 0) is 6.42 Å². The Hall–Kier alpha value is -2.40. The molecule has 1 saturated heterocycles. The van der Waals surface area contributed by atoms with E-state index in [1.54, 1.807) is 12.1 Å². The number of hydrogen-bond acceptors (Lipinski definition) is 4. The van der Waals surface area contributed by atoms with Gasteiger partial charge in [-0.1, -0.05) is 30.3 Å². The largest absolute Gasteiger partial charge is 0.494 e. The maximum absolute atomic E-state index is 10.7. The molecule has 0 N–H and O–H groups in total. The van der Waals surface area contributed by atoms with E-state index in [0.29, 0.717) is 5.92 Å². The van der Waals surface area contributed by atoms with Gasteiger partial charge in [-0.3, -0.25) is 10.1 Å². The molecule has 1 aliphatic rings. The third-order valence-electron chi connectivity index (χ3n) is 5.01. The Bertz CT molecular complexity index is 680. The summed E-state index contributed by atoms with van der Waals surface area (Å²) in [5.41, 5.74) is 1.37. The molecular formula is C21H26N2O3. The van der Waals surface area contributed by atoms with Crippen LogP contribution in [0, 0.1) is 16.0 Å². The number of para-hydroxylation sites is 1. The summed E-state index contributed by atoms with van der Waals surface area (Å²) >= 11 is 0. The van der Waals surface area contributed by atoms with Gasteiger partial charge < -0.3 is 9.64 Å². The van der Waals surface area contributed by atoms with Crippen molar-refractivity contribution in [1.82, 2.24) is 4.90 Å². The van der Waals surface area contributed by atoms with Crippen LogP contribution in [-0.4, -0.2) is 36.1 Å². The van der Waals surface area contributed by atoms with Gasteiger partial charge in [0.25, 0.3) is 5.69 Å². The summed E-state index contributed by atoms with van der Waals surface area (Å²) in [5.74, 6) is 1.61. The molecule has 138 valence electrons. The zero-order valence-corrected chi connectivity index (χ0v) is 15.0. The number of nitrogens with zero attached hydrogens (tertiary/aromatic N) is 2. The lowest BCUT2D eigenvalue weighted by Gasteiger charge is -2.32. The molecule has 2 aromatic rings. The number of benzene rings is 2. The van der Waals surface area contributed by atoms with E-state index in [4.69, 9.17) is 4.74 Å². The van der Waals surface area contributed by atoms with E-state index in [0.717, 1.165) is 44.8 Å². The molecule has 0 atom stereocenters. The van der Waals surface area contributed by atoms with E-state index in [9.17, 15) is 10.1 Å². The Morgan fingerprint density at radius 1 is 1.04 bits per heavy atom. The topological polar surface area (TPSA) is 55.6 Å². The van der Waals surface area contributed by atoms with E-state index >= 15 is 0 Å². The average Bonchev–Trinajstić information content (AvgIpc) is 2.68. The van der Waals surface area contributed by atoms with Gasteiger partial charge in [0.2, 0.25) is 0 Å². The van der Waals surface area contributed by atoms with Crippen LogP contribution in [0.3, 0.4) is 0 Å². The van der Waals surface area contributed by atoms with Crippen molar-refractivity contribution >= 4 is 5.69 Å². The molecule has 0 bridgehead atoms. The van der Waals surface area contributed by atoms with Crippen molar-refractivity contribution < 1.29 is 9.66 Å². The third kappa shape index (κ3) is 5.56. The molecule has 1 aliphatic heterocycles. The van der Waals surface area contributed by atoms with Gasteiger partial charge in [0.15, 0.2) is 0 Å². The number of rotatable bonds is 8. The molecule has 0 amide bonds. The molecule has 26 heavy (non-hydrogen) atoms. The van der Waals surface area contributed by atoms with E-state index in [1.807, 2.05) is 42.5 Å². The zero-order chi connectivity index (χ0) is 18.2. The predicted octanol–water partition coefficient (Wildman–Crippen LogP) is 4.32. The lowest BCUT2D eigenvalue weighted by molar-refractivity contribution is -0.384. The Labute approximate surface area is 154 Å². The smallest absolute Gasteiger partial charge is 0.269 e. The van der Waals surface area contributed by atoms with E-state index in [2.05, 4.69) is 4.90 Å². The Morgan fingerprint density at radius 2 is 1.73 bits per heavy atom. The predicted molar refractivity (Wildman–Crippen MR) is 103 cm³/mol. The van der Waals surface area contributed by atoms with Gasteiger partial charge in [0, 0.05) is 18.7 Å². The Balaban J connectivity index is 1.33. The summed E-state index contributed by atoms with van der Waals surface area (Å²) in [6.45, 7) is 4.09. The lowest BCUT2D eigenvalue weighted by Crippen LogP contribution is -2.35. The van der Waals surface area contributed by atoms with Crippen LogP contribution in [0.25, 0.3) is 0 Å². The molecule has 1 heterocycles. The number of piperidine rings is 1. The minimum Gasteiger partial charge on any atom is -0.494 e. The maximum Gasteiger partial charge on any atom is 0.269 e. The molecular weight excluding hydrogens is 328 g/mol. The summed E-state index contributed by atoms with van der Waals surface area (Å²) in [6, 6.07) is 17.0. The number of ether oxygens (including phenoxy) is 1. The monoisotopic (exact) mass is 354 g/mol. The van der Waals surface area contributed by atoms with Crippen molar-refractivity contribution in [3.05, 3.63) is 70.3 Å². The molecule has 5 heteroatoms. The Kier molecular flexibility index (Phi) is 6.61. The molecule has 1 fully saturated rings. The quantitative estimate of drug-likeness (QED) is 0.402. The number of nitro benzene ring substituents is 1. The first-order valence-corrected chi connectivity index (χ1v) is 9.34. The van der Waals surface area contributed by atoms with E-state index in [1.165, 1.54) is 18.4 Å². The molecule has 0 aliphatic carbocycles. The summed E-state index contributed by atoms with van der Waals surface area (Å²) < 4.78 is 5.75. The van der Waals surface area contributed by atoms with E-state index in [-0.39, 0.29) is 10.6 Å². The van der Waals surface area contributed by atoms with Crippen molar-refractivity contribution in [3.8, 4) is 5.75 Å².